The van der Waals surface area contributed by atoms with Gasteiger partial charge < -0.3 is 14.7 Å². The molecular weight excluding hydrogens is 216 g/mol. The molecule has 92 valence electrons. The highest BCUT2D eigenvalue weighted by molar-refractivity contribution is 5.69. The van der Waals surface area contributed by atoms with E-state index in [0.717, 1.165) is 0 Å². The number of carbonyl (C=O) groups is 1. The molecule has 1 saturated heterocycles. The zero-order chi connectivity index (χ0) is 12.6. The van der Waals surface area contributed by atoms with Gasteiger partial charge in [0.2, 0.25) is 6.54 Å². The van der Waals surface area contributed by atoms with Crippen LogP contribution in [0.25, 0.3) is 0 Å². The first-order valence-corrected chi connectivity index (χ1v) is 4.93. The summed E-state index contributed by atoms with van der Waals surface area (Å²) in [7, 11) is 0. The van der Waals surface area contributed by atoms with Gasteiger partial charge in [0.25, 0.3) is 0 Å². The molecule has 1 amide bonds. The fourth-order valence-corrected chi connectivity index (χ4v) is 1.46. The Labute approximate surface area is 93.1 Å². The highest BCUT2D eigenvalue weighted by Crippen LogP contribution is 2.23. The Morgan fingerprint density at radius 3 is 2.44 bits per heavy atom. The van der Waals surface area contributed by atoms with Crippen molar-refractivity contribution in [2.75, 3.05) is 19.6 Å². The molecule has 1 fully saturated rings. The van der Waals surface area contributed by atoms with Crippen molar-refractivity contribution in [3.05, 3.63) is 10.1 Å². The lowest BCUT2D eigenvalue weighted by molar-refractivity contribution is -0.505. The normalized spacial score (nSPS) is 18.9. The summed E-state index contributed by atoms with van der Waals surface area (Å²) < 4.78 is 5.05. The molecule has 0 radical (unpaired) electrons. The number of carbonyl (C=O) groups excluding carboxylic acids is 1. The van der Waals surface area contributed by atoms with Gasteiger partial charge in [0.05, 0.1) is 13.1 Å². The Hall–Kier alpha value is -1.37. The van der Waals surface area contributed by atoms with Crippen LogP contribution in [-0.4, -0.2) is 51.9 Å². The number of likely N-dealkylation sites (tertiary alicyclic amines) is 1. The van der Waals surface area contributed by atoms with E-state index in [1.54, 1.807) is 20.8 Å². The number of rotatable bonds is 2. The maximum atomic E-state index is 11.4. The molecule has 1 heterocycles. The lowest BCUT2D eigenvalue weighted by atomic mass is 9.95. The third kappa shape index (κ3) is 3.34. The molecule has 1 aliphatic heterocycles. The predicted molar refractivity (Wildman–Crippen MR) is 54.6 cm³/mol. The van der Waals surface area contributed by atoms with Crippen LogP contribution in [-0.2, 0) is 4.74 Å². The summed E-state index contributed by atoms with van der Waals surface area (Å²) in [6, 6.07) is 0. The van der Waals surface area contributed by atoms with E-state index in [0.29, 0.717) is 0 Å². The first-order chi connectivity index (χ1) is 7.11. The summed E-state index contributed by atoms with van der Waals surface area (Å²) in [5.41, 5.74) is -2.01. The minimum absolute atomic E-state index is 0.0527. The van der Waals surface area contributed by atoms with Gasteiger partial charge in [0.15, 0.2) is 5.60 Å². The molecular formula is C9H16N2O5. The Morgan fingerprint density at radius 1 is 1.56 bits per heavy atom. The molecule has 1 N–H and O–H groups in total. The van der Waals surface area contributed by atoms with Crippen LogP contribution < -0.4 is 0 Å². The lowest BCUT2D eigenvalue weighted by Gasteiger charge is -2.43. The van der Waals surface area contributed by atoms with Gasteiger partial charge in [0.1, 0.15) is 5.60 Å². The maximum Gasteiger partial charge on any atom is 0.410 e. The molecule has 0 aliphatic carbocycles. The summed E-state index contributed by atoms with van der Waals surface area (Å²) in [5.74, 6) is 0. The number of amides is 1. The Bertz CT molecular complexity index is 304. The lowest BCUT2D eigenvalue weighted by Crippen LogP contribution is -2.66. The van der Waals surface area contributed by atoms with Crippen LogP contribution in [0.2, 0.25) is 0 Å². The minimum atomic E-state index is -1.40. The van der Waals surface area contributed by atoms with Crippen molar-refractivity contribution in [3.8, 4) is 0 Å². The van der Waals surface area contributed by atoms with Crippen LogP contribution >= 0.6 is 0 Å². The summed E-state index contributed by atoms with van der Waals surface area (Å²) in [5, 5.41) is 19.8. The molecule has 7 nitrogen and oxygen atoms in total. The number of nitro groups is 1. The van der Waals surface area contributed by atoms with E-state index in [4.69, 9.17) is 4.74 Å². The van der Waals surface area contributed by atoms with Gasteiger partial charge in [-0.3, -0.25) is 10.1 Å². The van der Waals surface area contributed by atoms with Gasteiger partial charge >= 0.3 is 6.09 Å². The van der Waals surface area contributed by atoms with Crippen LogP contribution in [0.4, 0.5) is 4.79 Å². The molecule has 1 aliphatic rings. The maximum absolute atomic E-state index is 11.4. The van der Waals surface area contributed by atoms with E-state index < -0.39 is 28.8 Å². The van der Waals surface area contributed by atoms with Crippen LogP contribution in [0.1, 0.15) is 20.8 Å². The van der Waals surface area contributed by atoms with Gasteiger partial charge in [0, 0.05) is 4.92 Å². The number of nitrogens with zero attached hydrogens (tertiary/aromatic N) is 2. The summed E-state index contributed by atoms with van der Waals surface area (Å²) in [4.78, 5) is 22.3. The third-order valence-electron chi connectivity index (χ3n) is 2.05. The molecule has 0 aromatic rings. The monoisotopic (exact) mass is 232 g/mol. The van der Waals surface area contributed by atoms with Crippen LogP contribution in [0, 0.1) is 10.1 Å². The molecule has 0 bridgehead atoms. The zero-order valence-corrected chi connectivity index (χ0v) is 9.60. The van der Waals surface area contributed by atoms with Crippen LogP contribution in [0.15, 0.2) is 0 Å². The first kappa shape index (κ1) is 12.7. The van der Waals surface area contributed by atoms with E-state index in [-0.39, 0.29) is 13.1 Å². The molecule has 1 rings (SSSR count). The SMILES string of the molecule is CC(C)(C)OC(=O)N1CC(O)(C[N+](=O)[O-])C1. The summed E-state index contributed by atoms with van der Waals surface area (Å²) in [6.45, 7) is 4.54. The van der Waals surface area contributed by atoms with Crippen molar-refractivity contribution < 1.29 is 19.6 Å². The second-order valence-electron chi connectivity index (χ2n) is 5.05. The first-order valence-electron chi connectivity index (χ1n) is 4.93. The molecule has 0 unspecified atom stereocenters. The molecule has 16 heavy (non-hydrogen) atoms. The van der Waals surface area contributed by atoms with Gasteiger partial charge in [-0.2, -0.15) is 0 Å². The second kappa shape index (κ2) is 3.89. The number of hydrogen-bond acceptors (Lipinski definition) is 5. The fourth-order valence-electron chi connectivity index (χ4n) is 1.46. The average Bonchev–Trinajstić information content (AvgIpc) is 1.94. The van der Waals surface area contributed by atoms with Crippen molar-refractivity contribution >= 4 is 6.09 Å². The minimum Gasteiger partial charge on any atom is -0.444 e. The Morgan fingerprint density at radius 2 is 2.06 bits per heavy atom. The van der Waals surface area contributed by atoms with E-state index in [1.165, 1.54) is 4.90 Å². The van der Waals surface area contributed by atoms with Gasteiger partial charge in [-0.15, -0.1) is 0 Å². The van der Waals surface area contributed by atoms with Gasteiger partial charge in [-0.25, -0.2) is 4.79 Å². The molecule has 0 aromatic carbocycles. The Kier molecular flexibility index (Phi) is 3.09. The number of aliphatic hydroxyl groups is 1. The topological polar surface area (TPSA) is 92.9 Å². The number of hydrogen-bond donors (Lipinski definition) is 1. The Balaban J connectivity index is 2.41. The number of β-amino-alcohol motifs (C(OH)–C–C–N with tert-alkyl or cyclic N) is 1. The largest absolute Gasteiger partial charge is 0.444 e. The van der Waals surface area contributed by atoms with E-state index in [1.807, 2.05) is 0 Å². The smallest absolute Gasteiger partial charge is 0.410 e. The van der Waals surface area contributed by atoms with E-state index in [9.17, 15) is 20.0 Å². The molecule has 0 spiro atoms. The summed E-state index contributed by atoms with van der Waals surface area (Å²) in [6.07, 6.45) is -0.555. The van der Waals surface area contributed by atoms with Crippen molar-refractivity contribution in [2.45, 2.75) is 32.0 Å². The van der Waals surface area contributed by atoms with Crippen molar-refractivity contribution in [3.63, 3.8) is 0 Å². The molecule has 0 saturated carbocycles. The second-order valence-corrected chi connectivity index (χ2v) is 5.05. The number of ether oxygens (including phenoxy) is 1. The quantitative estimate of drug-likeness (QED) is 0.544. The average molecular weight is 232 g/mol. The standard InChI is InChI=1S/C9H16N2O5/c1-8(2,3)16-7(12)10-4-9(13,5-10)6-11(14)15/h13H,4-6H2,1-3H3. The zero-order valence-electron chi connectivity index (χ0n) is 9.60. The highest BCUT2D eigenvalue weighted by atomic mass is 16.6. The molecule has 0 aromatic heterocycles. The van der Waals surface area contributed by atoms with Crippen molar-refractivity contribution in [2.24, 2.45) is 0 Å². The molecule has 0 atom stereocenters. The van der Waals surface area contributed by atoms with Crippen molar-refractivity contribution in [1.29, 1.82) is 0 Å². The van der Waals surface area contributed by atoms with Gasteiger partial charge in [-0.1, -0.05) is 0 Å². The van der Waals surface area contributed by atoms with Crippen molar-refractivity contribution in [1.82, 2.24) is 4.90 Å². The van der Waals surface area contributed by atoms with E-state index in [2.05, 4.69) is 0 Å². The van der Waals surface area contributed by atoms with Crippen LogP contribution in [0.5, 0.6) is 0 Å². The van der Waals surface area contributed by atoms with E-state index >= 15 is 0 Å². The van der Waals surface area contributed by atoms with Crippen LogP contribution in [0.3, 0.4) is 0 Å². The fraction of sp³-hybridized carbons (Fsp3) is 0.889. The van der Waals surface area contributed by atoms with Gasteiger partial charge in [-0.05, 0) is 20.8 Å². The molecule has 7 heteroatoms. The third-order valence-corrected chi connectivity index (χ3v) is 2.05. The highest BCUT2D eigenvalue weighted by Gasteiger charge is 2.48. The summed E-state index contributed by atoms with van der Waals surface area (Å²) >= 11 is 0. The predicted octanol–water partition coefficient (Wildman–Crippen LogP) is 0.245.